The fourth-order valence-corrected chi connectivity index (χ4v) is 1.52. The van der Waals surface area contributed by atoms with E-state index in [1.165, 1.54) is 12.3 Å². The average molecular weight is 268 g/mol. The van der Waals surface area contributed by atoms with Crippen LogP contribution in [0.2, 0.25) is 0 Å². The van der Waals surface area contributed by atoms with Crippen LogP contribution in [0.3, 0.4) is 0 Å². The predicted molar refractivity (Wildman–Crippen MR) is 69.9 cm³/mol. The SMILES string of the molecule is CCC(C)NC(=O)CCNCc1occc1C(=O)O. The third-order valence-electron chi connectivity index (χ3n) is 2.81. The largest absolute Gasteiger partial charge is 0.478 e. The van der Waals surface area contributed by atoms with Crippen LogP contribution in [0.5, 0.6) is 0 Å². The van der Waals surface area contributed by atoms with Crippen LogP contribution in [-0.2, 0) is 11.3 Å². The van der Waals surface area contributed by atoms with Gasteiger partial charge in [-0.25, -0.2) is 4.79 Å². The first-order chi connectivity index (χ1) is 9.04. The van der Waals surface area contributed by atoms with Crippen LogP contribution in [0.4, 0.5) is 0 Å². The van der Waals surface area contributed by atoms with Crippen molar-refractivity contribution in [2.75, 3.05) is 6.54 Å². The van der Waals surface area contributed by atoms with E-state index in [1.54, 1.807) is 0 Å². The first kappa shape index (κ1) is 15.2. The molecule has 1 rings (SSSR count). The number of carboxylic acid groups (broad SMARTS) is 1. The zero-order valence-corrected chi connectivity index (χ0v) is 11.2. The number of furan rings is 1. The van der Waals surface area contributed by atoms with Crippen molar-refractivity contribution in [3.63, 3.8) is 0 Å². The van der Waals surface area contributed by atoms with E-state index in [2.05, 4.69) is 10.6 Å². The van der Waals surface area contributed by atoms with Gasteiger partial charge in [0.2, 0.25) is 5.91 Å². The van der Waals surface area contributed by atoms with E-state index in [1.807, 2.05) is 13.8 Å². The molecule has 0 aromatic carbocycles. The van der Waals surface area contributed by atoms with Gasteiger partial charge in [0.1, 0.15) is 11.3 Å². The third kappa shape index (κ3) is 5.13. The number of hydrogen-bond acceptors (Lipinski definition) is 4. The van der Waals surface area contributed by atoms with Crippen LogP contribution in [0, 0.1) is 0 Å². The zero-order valence-electron chi connectivity index (χ0n) is 11.2. The molecule has 1 amide bonds. The van der Waals surface area contributed by atoms with Gasteiger partial charge in [-0.1, -0.05) is 6.92 Å². The maximum atomic E-state index is 11.5. The maximum Gasteiger partial charge on any atom is 0.339 e. The van der Waals surface area contributed by atoms with Gasteiger partial charge in [-0.05, 0) is 19.4 Å². The van der Waals surface area contributed by atoms with Crippen molar-refractivity contribution in [2.24, 2.45) is 0 Å². The van der Waals surface area contributed by atoms with E-state index in [0.29, 0.717) is 25.3 Å². The summed E-state index contributed by atoms with van der Waals surface area (Å²) in [6.07, 6.45) is 2.59. The molecule has 106 valence electrons. The quantitative estimate of drug-likeness (QED) is 0.619. The molecule has 0 spiro atoms. The van der Waals surface area contributed by atoms with Crippen LogP contribution in [-0.4, -0.2) is 29.6 Å². The molecule has 0 radical (unpaired) electrons. The van der Waals surface area contributed by atoms with Crippen LogP contribution < -0.4 is 10.6 Å². The molecule has 0 bridgehead atoms. The molecule has 19 heavy (non-hydrogen) atoms. The van der Waals surface area contributed by atoms with E-state index in [4.69, 9.17) is 9.52 Å². The van der Waals surface area contributed by atoms with E-state index in [9.17, 15) is 9.59 Å². The Balaban J connectivity index is 2.25. The highest BCUT2D eigenvalue weighted by Gasteiger charge is 2.12. The monoisotopic (exact) mass is 268 g/mol. The molecule has 1 aromatic heterocycles. The number of aromatic carboxylic acids is 1. The highest BCUT2D eigenvalue weighted by atomic mass is 16.4. The van der Waals surface area contributed by atoms with Gasteiger partial charge in [0.05, 0.1) is 12.8 Å². The highest BCUT2D eigenvalue weighted by Crippen LogP contribution is 2.09. The molecular formula is C13H20N2O4. The molecule has 3 N–H and O–H groups in total. The summed E-state index contributed by atoms with van der Waals surface area (Å²) in [5, 5.41) is 14.7. The van der Waals surface area contributed by atoms with Crippen molar-refractivity contribution in [3.05, 3.63) is 23.7 Å². The molecule has 0 saturated carbocycles. The van der Waals surface area contributed by atoms with Crippen molar-refractivity contribution in [3.8, 4) is 0 Å². The second-order valence-electron chi connectivity index (χ2n) is 4.37. The minimum absolute atomic E-state index is 0.0141. The smallest absolute Gasteiger partial charge is 0.339 e. The molecule has 0 aliphatic heterocycles. The van der Waals surface area contributed by atoms with E-state index < -0.39 is 5.97 Å². The van der Waals surface area contributed by atoms with Gasteiger partial charge in [-0.3, -0.25) is 4.79 Å². The number of nitrogens with one attached hydrogen (secondary N) is 2. The second-order valence-corrected chi connectivity index (χ2v) is 4.37. The average Bonchev–Trinajstić information content (AvgIpc) is 2.83. The van der Waals surface area contributed by atoms with Crippen LogP contribution >= 0.6 is 0 Å². The Morgan fingerprint density at radius 3 is 2.84 bits per heavy atom. The Hall–Kier alpha value is -1.82. The fraction of sp³-hybridized carbons (Fsp3) is 0.538. The molecule has 0 fully saturated rings. The lowest BCUT2D eigenvalue weighted by molar-refractivity contribution is -0.121. The van der Waals surface area contributed by atoms with Gasteiger partial charge in [0.15, 0.2) is 0 Å². The zero-order chi connectivity index (χ0) is 14.3. The van der Waals surface area contributed by atoms with Gasteiger partial charge in [0, 0.05) is 19.0 Å². The van der Waals surface area contributed by atoms with E-state index in [-0.39, 0.29) is 17.5 Å². The summed E-state index contributed by atoms with van der Waals surface area (Å²) in [7, 11) is 0. The summed E-state index contributed by atoms with van der Waals surface area (Å²) in [6.45, 7) is 4.73. The Kier molecular flexibility index (Phi) is 6.08. The topological polar surface area (TPSA) is 91.6 Å². The standard InChI is InChI=1S/C13H20N2O4/c1-3-9(2)15-12(16)4-6-14-8-11-10(13(17)18)5-7-19-11/h5,7,9,14H,3-4,6,8H2,1-2H3,(H,15,16)(H,17,18). The molecule has 0 aliphatic carbocycles. The minimum atomic E-state index is -1.01. The lowest BCUT2D eigenvalue weighted by Crippen LogP contribution is -2.33. The van der Waals surface area contributed by atoms with Crippen molar-refractivity contribution >= 4 is 11.9 Å². The molecule has 1 heterocycles. The van der Waals surface area contributed by atoms with Crippen molar-refractivity contribution < 1.29 is 19.1 Å². The lowest BCUT2D eigenvalue weighted by atomic mass is 10.2. The van der Waals surface area contributed by atoms with Gasteiger partial charge in [-0.15, -0.1) is 0 Å². The first-order valence-electron chi connectivity index (χ1n) is 6.34. The summed E-state index contributed by atoms with van der Waals surface area (Å²) in [5.74, 6) is -0.658. The normalized spacial score (nSPS) is 12.1. The van der Waals surface area contributed by atoms with Crippen LogP contribution in [0.25, 0.3) is 0 Å². The summed E-state index contributed by atoms with van der Waals surface area (Å²) in [4.78, 5) is 22.3. The van der Waals surface area contributed by atoms with Gasteiger partial charge >= 0.3 is 5.97 Å². The Morgan fingerprint density at radius 1 is 1.47 bits per heavy atom. The van der Waals surface area contributed by atoms with Gasteiger partial charge in [-0.2, -0.15) is 0 Å². The highest BCUT2D eigenvalue weighted by molar-refractivity contribution is 5.88. The van der Waals surface area contributed by atoms with Crippen molar-refractivity contribution in [1.29, 1.82) is 0 Å². The Bertz CT molecular complexity index is 428. The number of carbonyl (C=O) groups is 2. The summed E-state index contributed by atoms with van der Waals surface area (Å²) in [5.41, 5.74) is 0.150. The molecule has 1 atom stereocenters. The summed E-state index contributed by atoms with van der Waals surface area (Å²) < 4.78 is 5.07. The molecule has 0 aliphatic rings. The summed E-state index contributed by atoms with van der Waals surface area (Å²) in [6, 6.07) is 1.59. The van der Waals surface area contributed by atoms with Crippen molar-refractivity contribution in [1.82, 2.24) is 10.6 Å². The lowest BCUT2D eigenvalue weighted by Gasteiger charge is -2.11. The van der Waals surface area contributed by atoms with Gasteiger partial charge < -0.3 is 20.2 Å². The Labute approximate surface area is 112 Å². The number of amides is 1. The first-order valence-corrected chi connectivity index (χ1v) is 6.34. The molecule has 1 unspecified atom stereocenters. The van der Waals surface area contributed by atoms with Crippen molar-refractivity contribution in [2.45, 2.75) is 39.3 Å². The molecule has 6 nitrogen and oxygen atoms in total. The second kappa shape index (κ2) is 7.58. The predicted octanol–water partition coefficient (Wildman–Crippen LogP) is 1.37. The molecule has 6 heteroatoms. The Morgan fingerprint density at radius 2 is 2.21 bits per heavy atom. The summed E-state index contributed by atoms with van der Waals surface area (Å²) >= 11 is 0. The van der Waals surface area contributed by atoms with E-state index in [0.717, 1.165) is 6.42 Å². The number of carboxylic acids is 1. The fourth-order valence-electron chi connectivity index (χ4n) is 1.52. The number of carbonyl (C=O) groups excluding carboxylic acids is 1. The maximum absolute atomic E-state index is 11.5. The van der Waals surface area contributed by atoms with Crippen LogP contribution in [0.1, 0.15) is 42.8 Å². The van der Waals surface area contributed by atoms with Gasteiger partial charge in [0.25, 0.3) is 0 Å². The van der Waals surface area contributed by atoms with Crippen LogP contribution in [0.15, 0.2) is 16.7 Å². The third-order valence-corrected chi connectivity index (χ3v) is 2.81. The molecule has 0 saturated heterocycles. The van der Waals surface area contributed by atoms with E-state index >= 15 is 0 Å². The number of hydrogen-bond donors (Lipinski definition) is 3. The molecular weight excluding hydrogens is 248 g/mol. The minimum Gasteiger partial charge on any atom is -0.478 e. The number of rotatable bonds is 8. The molecule has 1 aromatic rings.